The summed E-state index contributed by atoms with van der Waals surface area (Å²) >= 11 is 0. The second-order valence-electron chi connectivity index (χ2n) is 14.8. The summed E-state index contributed by atoms with van der Waals surface area (Å²) < 4.78 is 36.4. The summed E-state index contributed by atoms with van der Waals surface area (Å²) in [5, 5.41) is 19.6. The number of carbonyl (C=O) groups is 4. The number of rotatable bonds is 4. The number of esters is 3. The van der Waals surface area contributed by atoms with Gasteiger partial charge in [0.1, 0.15) is 18.3 Å². The SMILES string of the molecule is CC1(C)OC2CC(=O)OCC23C1C(=O)C(OC(=O)C=Cc1ccc(O)c(O)c1)C1(C)C3CCC2(C)C(c3ccoc3)OC(=O)C3OC321. The maximum Gasteiger partial charge on any atom is 0.339 e. The molecular weight excluding hydrogens is 612 g/mol. The molecule has 2 aliphatic carbocycles. The van der Waals surface area contributed by atoms with Crippen LogP contribution < -0.4 is 0 Å². The van der Waals surface area contributed by atoms with Gasteiger partial charge in [-0.1, -0.05) is 19.9 Å². The summed E-state index contributed by atoms with van der Waals surface area (Å²) in [5.74, 6) is -4.08. The Morgan fingerprint density at radius 2 is 1.81 bits per heavy atom. The normalized spacial score (nSPS) is 42.7. The number of furan rings is 1. The molecule has 10 unspecified atom stereocenters. The van der Waals surface area contributed by atoms with Gasteiger partial charge in [0, 0.05) is 27.9 Å². The van der Waals surface area contributed by atoms with Gasteiger partial charge in [0.2, 0.25) is 0 Å². The van der Waals surface area contributed by atoms with Crippen LogP contribution in [-0.4, -0.2) is 70.0 Å². The molecule has 1 aromatic carbocycles. The number of phenolic OH excluding ortho intramolecular Hbond substituents is 2. The first-order valence-corrected chi connectivity index (χ1v) is 15.9. The van der Waals surface area contributed by atoms with Crippen LogP contribution in [0.4, 0.5) is 0 Å². The Hall–Kier alpha value is -4.16. The quantitative estimate of drug-likeness (QED) is 0.162. The minimum absolute atomic E-state index is 0.0271. The van der Waals surface area contributed by atoms with E-state index in [1.165, 1.54) is 36.8 Å². The first-order valence-electron chi connectivity index (χ1n) is 15.9. The third-order valence-electron chi connectivity index (χ3n) is 12.3. The number of hydrogen-bond acceptors (Lipinski definition) is 12. The first kappa shape index (κ1) is 30.2. The van der Waals surface area contributed by atoms with Gasteiger partial charge in [-0.3, -0.25) is 9.59 Å². The molecule has 10 atom stereocenters. The Bertz CT molecular complexity index is 1740. The zero-order valence-electron chi connectivity index (χ0n) is 26.4. The van der Waals surface area contributed by atoms with E-state index in [9.17, 15) is 24.6 Å². The number of carbonyl (C=O) groups excluding carboxylic acids is 4. The van der Waals surface area contributed by atoms with Gasteiger partial charge in [0.05, 0.1) is 36.6 Å². The molecule has 12 heteroatoms. The van der Waals surface area contributed by atoms with Crippen molar-refractivity contribution < 1.29 is 57.5 Å². The molecule has 0 radical (unpaired) electrons. The minimum atomic E-state index is -1.37. The van der Waals surface area contributed by atoms with E-state index in [4.69, 9.17) is 28.1 Å². The molecule has 47 heavy (non-hydrogen) atoms. The third kappa shape index (κ3) is 3.65. The van der Waals surface area contributed by atoms with E-state index in [-0.39, 0.29) is 30.3 Å². The van der Waals surface area contributed by atoms with E-state index in [1.54, 1.807) is 6.07 Å². The van der Waals surface area contributed by atoms with Crippen molar-refractivity contribution in [3.05, 3.63) is 54.0 Å². The van der Waals surface area contributed by atoms with Crippen molar-refractivity contribution in [1.29, 1.82) is 0 Å². The molecule has 2 spiro atoms. The number of cyclic esters (lactones) is 2. The zero-order chi connectivity index (χ0) is 33.3. The number of phenols is 2. The molecular formula is C35H36O12. The van der Waals surface area contributed by atoms with Crippen LogP contribution in [0.3, 0.4) is 0 Å². The van der Waals surface area contributed by atoms with Crippen LogP contribution in [0.5, 0.6) is 11.5 Å². The molecule has 0 bridgehead atoms. The van der Waals surface area contributed by atoms with Crippen molar-refractivity contribution in [3.8, 4) is 11.5 Å². The number of epoxide rings is 1. The van der Waals surface area contributed by atoms with E-state index < -0.39 is 81.6 Å². The van der Waals surface area contributed by atoms with Crippen LogP contribution in [0.25, 0.3) is 6.08 Å². The van der Waals surface area contributed by atoms with Crippen LogP contribution in [0.2, 0.25) is 0 Å². The molecule has 0 amide bonds. The van der Waals surface area contributed by atoms with Crippen LogP contribution in [-0.2, 0) is 42.9 Å². The number of Topliss-reactive ketones (excluding diaryl/α,β-unsaturated/α-hetero) is 1. The average molecular weight is 649 g/mol. The summed E-state index contributed by atoms with van der Waals surface area (Å²) in [6, 6.07) is 5.82. The van der Waals surface area contributed by atoms with Crippen LogP contribution >= 0.6 is 0 Å². The highest BCUT2D eigenvalue weighted by Gasteiger charge is 2.91. The number of fused-ring (bicyclic) bond motifs is 1. The number of ketones is 1. The summed E-state index contributed by atoms with van der Waals surface area (Å²) in [6.07, 6.45) is 2.84. The molecule has 2 N–H and O–H groups in total. The van der Waals surface area contributed by atoms with Crippen molar-refractivity contribution in [2.24, 2.45) is 28.1 Å². The summed E-state index contributed by atoms with van der Waals surface area (Å²) in [6.45, 7) is 7.42. The van der Waals surface area contributed by atoms with E-state index >= 15 is 4.79 Å². The number of aromatic hydroxyl groups is 2. The molecule has 6 aliphatic rings. The first-order chi connectivity index (χ1) is 22.2. The largest absolute Gasteiger partial charge is 0.504 e. The smallest absolute Gasteiger partial charge is 0.339 e. The van der Waals surface area contributed by atoms with Crippen molar-refractivity contribution in [2.75, 3.05) is 6.61 Å². The zero-order valence-corrected chi connectivity index (χ0v) is 26.4. The molecule has 5 heterocycles. The second kappa shape index (κ2) is 9.47. The molecule has 12 nitrogen and oxygen atoms in total. The van der Waals surface area contributed by atoms with Gasteiger partial charge in [0.25, 0.3) is 0 Å². The van der Waals surface area contributed by atoms with Gasteiger partial charge in [-0.05, 0) is 62.4 Å². The number of hydrogen-bond donors (Lipinski definition) is 2. The lowest BCUT2D eigenvalue weighted by Gasteiger charge is -2.66. The van der Waals surface area contributed by atoms with E-state index in [0.29, 0.717) is 24.0 Å². The van der Waals surface area contributed by atoms with Crippen LogP contribution in [0, 0.1) is 28.1 Å². The highest BCUT2D eigenvalue weighted by atomic mass is 16.7. The summed E-state index contributed by atoms with van der Waals surface area (Å²) in [7, 11) is 0. The van der Waals surface area contributed by atoms with Gasteiger partial charge in [-0.15, -0.1) is 0 Å². The molecule has 4 saturated heterocycles. The van der Waals surface area contributed by atoms with Crippen LogP contribution in [0.1, 0.15) is 64.2 Å². The Morgan fingerprint density at radius 1 is 1.02 bits per heavy atom. The predicted molar refractivity (Wildman–Crippen MR) is 158 cm³/mol. The molecule has 248 valence electrons. The van der Waals surface area contributed by atoms with Gasteiger partial charge in [-0.25, -0.2) is 9.59 Å². The Morgan fingerprint density at radius 3 is 2.53 bits per heavy atom. The fourth-order valence-electron chi connectivity index (χ4n) is 10.6. The van der Waals surface area contributed by atoms with Crippen LogP contribution in [0.15, 0.2) is 47.3 Å². The van der Waals surface area contributed by atoms with Crippen molar-refractivity contribution in [1.82, 2.24) is 0 Å². The van der Waals surface area contributed by atoms with E-state index in [0.717, 1.165) is 6.08 Å². The summed E-state index contributed by atoms with van der Waals surface area (Å²) in [5.41, 5.74) is -4.33. The highest BCUT2D eigenvalue weighted by molar-refractivity contribution is 5.96. The fourth-order valence-corrected chi connectivity index (χ4v) is 10.6. The molecule has 2 aromatic rings. The maximum atomic E-state index is 15.1. The van der Waals surface area contributed by atoms with Crippen molar-refractivity contribution >= 4 is 29.8 Å². The molecule has 2 saturated carbocycles. The Balaban J connectivity index is 1.27. The van der Waals surface area contributed by atoms with Crippen molar-refractivity contribution in [3.63, 3.8) is 0 Å². The monoisotopic (exact) mass is 648 g/mol. The van der Waals surface area contributed by atoms with Gasteiger partial charge >= 0.3 is 17.9 Å². The van der Waals surface area contributed by atoms with Crippen molar-refractivity contribution in [2.45, 2.75) is 82.6 Å². The number of ether oxygens (including phenoxy) is 5. The van der Waals surface area contributed by atoms with Gasteiger partial charge < -0.3 is 38.3 Å². The lowest BCUT2D eigenvalue weighted by Crippen LogP contribution is -2.76. The average Bonchev–Trinajstić information content (AvgIpc) is 3.49. The highest BCUT2D eigenvalue weighted by Crippen LogP contribution is 2.80. The van der Waals surface area contributed by atoms with E-state index in [2.05, 4.69) is 0 Å². The second-order valence-corrected chi connectivity index (χ2v) is 14.8. The minimum Gasteiger partial charge on any atom is -0.504 e. The summed E-state index contributed by atoms with van der Waals surface area (Å²) in [4.78, 5) is 54.9. The standard InChI is InChI=1S/C35H36O12/c1-31(2)26-25(40)28(44-23(38)8-6-17-5-7-19(36)20(37)13-17)33(4)21(34(26)16-43-24(39)14-22(34)46-31)9-11-32(3)27(18-10-12-42-15-18)45-30(41)29-35(32,33)47-29/h5-8,10,12-13,15,21-22,26-29,36-37H,9,11,14,16H2,1-4H3. The molecule has 8 rings (SSSR count). The Labute approximate surface area is 269 Å². The third-order valence-corrected chi connectivity index (χ3v) is 12.3. The number of benzene rings is 1. The van der Waals surface area contributed by atoms with Gasteiger partial charge in [0.15, 0.2) is 29.5 Å². The fraction of sp³-hybridized carbons (Fsp3) is 0.543. The Kier molecular flexibility index (Phi) is 6.08. The predicted octanol–water partition coefficient (Wildman–Crippen LogP) is 3.78. The molecule has 1 aromatic heterocycles. The molecule has 6 fully saturated rings. The molecule has 4 aliphatic heterocycles. The lowest BCUT2D eigenvalue weighted by atomic mass is 9.36. The van der Waals surface area contributed by atoms with E-state index in [1.807, 2.05) is 27.7 Å². The lowest BCUT2D eigenvalue weighted by molar-refractivity contribution is -0.255. The maximum absolute atomic E-state index is 15.1. The van der Waals surface area contributed by atoms with Gasteiger partial charge in [-0.2, -0.15) is 0 Å². The topological polar surface area (TPSA) is 171 Å².